The molecule has 1 saturated heterocycles. The van der Waals surface area contributed by atoms with Gasteiger partial charge < -0.3 is 35.1 Å². The third kappa shape index (κ3) is 14.4. The number of fused-ring (bicyclic) bond motifs is 1. The van der Waals surface area contributed by atoms with Crippen molar-refractivity contribution in [3.05, 3.63) is 53.7 Å². The Morgan fingerprint density at radius 1 is 0.964 bits per heavy atom. The lowest BCUT2D eigenvalue weighted by Gasteiger charge is -2.27. The quantitative estimate of drug-likeness (QED) is 0.0414. The van der Waals surface area contributed by atoms with Crippen molar-refractivity contribution >= 4 is 19.2 Å². The molecular weight excluding hydrogens is 739 g/mol. The van der Waals surface area contributed by atoms with Crippen LogP contribution in [0.2, 0.25) is 0 Å². The number of phosphoric ester groups is 1. The number of anilines is 1. The summed E-state index contributed by atoms with van der Waals surface area (Å²) < 4.78 is 42.9. The number of nitriles is 1. The van der Waals surface area contributed by atoms with Crippen LogP contribution in [0.25, 0.3) is 5.52 Å². The van der Waals surface area contributed by atoms with Crippen molar-refractivity contribution in [3.63, 3.8) is 0 Å². The average molecular weight is 803 g/mol. The van der Waals surface area contributed by atoms with Gasteiger partial charge in [-0.05, 0) is 37.1 Å². The fraction of sp³-hybridized carbons (Fsp3) is 0.700. The first-order valence-electron chi connectivity index (χ1n) is 20.4. The zero-order valence-corrected chi connectivity index (χ0v) is 34.1. The van der Waals surface area contributed by atoms with Crippen LogP contribution in [0.1, 0.15) is 133 Å². The van der Waals surface area contributed by atoms with Crippen LogP contribution in [0, 0.1) is 11.3 Å². The average Bonchev–Trinajstić information content (AvgIpc) is 3.74. The van der Waals surface area contributed by atoms with E-state index in [0.29, 0.717) is 28.9 Å². The first kappa shape index (κ1) is 45.7. The summed E-state index contributed by atoms with van der Waals surface area (Å²) in [6.45, 7) is 3.59. The largest absolute Gasteiger partial charge is 0.472 e. The molecule has 56 heavy (non-hydrogen) atoms. The zero-order valence-electron chi connectivity index (χ0n) is 33.2. The van der Waals surface area contributed by atoms with E-state index in [1.807, 2.05) is 6.07 Å². The molecular formula is C40H63N6O9P. The molecule has 1 fully saturated rings. The maximum Gasteiger partial charge on any atom is 0.472 e. The summed E-state index contributed by atoms with van der Waals surface area (Å²) in [5.74, 6) is 0.224. The van der Waals surface area contributed by atoms with Gasteiger partial charge in [0.2, 0.25) is 0 Å². The molecule has 0 radical (unpaired) electrons. The Balaban J connectivity index is 1.16. The van der Waals surface area contributed by atoms with Gasteiger partial charge in [0.25, 0.3) is 0 Å². The molecule has 0 bridgehead atoms. The smallest absolute Gasteiger partial charge is 0.387 e. The molecule has 1 aliphatic heterocycles. The summed E-state index contributed by atoms with van der Waals surface area (Å²) in [5.41, 5.74) is 6.41. The van der Waals surface area contributed by atoms with Crippen LogP contribution in [0.4, 0.5) is 5.82 Å². The van der Waals surface area contributed by atoms with Crippen molar-refractivity contribution in [1.82, 2.24) is 19.6 Å². The molecule has 0 aliphatic carbocycles. The molecule has 0 spiro atoms. The maximum atomic E-state index is 13.0. The van der Waals surface area contributed by atoms with Gasteiger partial charge in [-0.2, -0.15) is 10.4 Å². The van der Waals surface area contributed by atoms with Gasteiger partial charge >= 0.3 is 7.82 Å². The zero-order chi connectivity index (χ0) is 40.2. The molecule has 0 aromatic carbocycles. The van der Waals surface area contributed by atoms with Crippen molar-refractivity contribution < 1.29 is 42.9 Å². The van der Waals surface area contributed by atoms with Gasteiger partial charge in [-0.1, -0.05) is 103 Å². The molecule has 16 heteroatoms. The van der Waals surface area contributed by atoms with Crippen molar-refractivity contribution in [2.45, 2.75) is 153 Å². The minimum absolute atomic E-state index is 0.0686. The molecule has 0 amide bonds. The van der Waals surface area contributed by atoms with Gasteiger partial charge in [0.1, 0.15) is 47.9 Å². The molecule has 3 aromatic heterocycles. The number of unbranched alkanes of at least 4 members (excludes halogenated alkanes) is 15. The summed E-state index contributed by atoms with van der Waals surface area (Å²) in [5, 5.41) is 35.2. The van der Waals surface area contributed by atoms with Crippen molar-refractivity contribution in [2.75, 3.05) is 32.2 Å². The number of ether oxygens (including phenoxy) is 3. The van der Waals surface area contributed by atoms with E-state index in [1.165, 1.54) is 101 Å². The molecule has 0 saturated carbocycles. The van der Waals surface area contributed by atoms with Gasteiger partial charge in [0.15, 0.2) is 5.82 Å². The van der Waals surface area contributed by atoms with Crippen LogP contribution in [0.5, 0.6) is 0 Å². The fourth-order valence-electron chi connectivity index (χ4n) is 6.99. The van der Waals surface area contributed by atoms with Crippen LogP contribution in [-0.4, -0.2) is 85.5 Å². The number of hydrogen-bond donors (Lipinski definition) is 4. The Labute approximate surface area is 331 Å². The lowest BCUT2D eigenvalue weighted by Crippen LogP contribution is -2.39. The van der Waals surface area contributed by atoms with Crippen LogP contribution < -0.4 is 5.73 Å². The third-order valence-corrected chi connectivity index (χ3v) is 11.3. The lowest BCUT2D eigenvalue weighted by molar-refractivity contribution is -0.0901. The molecule has 5 N–H and O–H groups in total. The van der Waals surface area contributed by atoms with Crippen LogP contribution in [0.3, 0.4) is 0 Å². The number of pyridine rings is 1. The highest BCUT2D eigenvalue weighted by Crippen LogP contribution is 2.46. The van der Waals surface area contributed by atoms with Gasteiger partial charge in [-0.25, -0.2) is 14.1 Å². The van der Waals surface area contributed by atoms with Crippen LogP contribution in [0.15, 0.2) is 36.9 Å². The molecule has 6 atom stereocenters. The van der Waals surface area contributed by atoms with Crippen LogP contribution >= 0.6 is 7.82 Å². The minimum atomic E-state index is -4.69. The van der Waals surface area contributed by atoms with E-state index in [4.69, 9.17) is 29.0 Å². The Bertz CT molecular complexity index is 1670. The number of aromatic nitrogens is 4. The number of aliphatic hydroxyl groups excluding tert-OH is 2. The normalized spacial score (nSPS) is 21.3. The predicted molar refractivity (Wildman–Crippen MR) is 211 cm³/mol. The second kappa shape index (κ2) is 24.0. The number of phosphoric acid groups is 1. The van der Waals surface area contributed by atoms with Gasteiger partial charge in [-0.3, -0.25) is 14.0 Å². The first-order valence-corrected chi connectivity index (χ1v) is 21.9. The highest BCUT2D eigenvalue weighted by molar-refractivity contribution is 7.47. The highest BCUT2D eigenvalue weighted by atomic mass is 31.2. The molecule has 312 valence electrons. The molecule has 1 aliphatic rings. The number of nitrogens with two attached hydrogens (primary N) is 1. The van der Waals surface area contributed by atoms with E-state index >= 15 is 0 Å². The van der Waals surface area contributed by atoms with E-state index in [1.54, 1.807) is 31.3 Å². The summed E-state index contributed by atoms with van der Waals surface area (Å²) in [6, 6.07) is 7.01. The second-order valence-electron chi connectivity index (χ2n) is 14.9. The van der Waals surface area contributed by atoms with E-state index < -0.39 is 44.4 Å². The van der Waals surface area contributed by atoms with Gasteiger partial charge in [0.05, 0.1) is 37.7 Å². The Morgan fingerprint density at radius 3 is 2.25 bits per heavy atom. The topological polar surface area (TPSA) is 217 Å². The molecule has 2 unspecified atom stereocenters. The van der Waals surface area contributed by atoms with Gasteiger partial charge in [0, 0.05) is 19.0 Å². The summed E-state index contributed by atoms with van der Waals surface area (Å²) in [7, 11) is -4.69. The van der Waals surface area contributed by atoms with E-state index in [0.717, 1.165) is 19.3 Å². The number of aliphatic hydroxyl groups is 2. The first-order chi connectivity index (χ1) is 27.1. The van der Waals surface area contributed by atoms with Crippen molar-refractivity contribution in [3.8, 4) is 6.07 Å². The van der Waals surface area contributed by atoms with Crippen molar-refractivity contribution in [1.29, 1.82) is 5.26 Å². The summed E-state index contributed by atoms with van der Waals surface area (Å²) in [4.78, 5) is 18.6. The summed E-state index contributed by atoms with van der Waals surface area (Å²) >= 11 is 0. The SMILES string of the molecule is CCCCCCCCCCCCCCCCCCOC[C@H](COP(=O)(O)OCC1O[C@@](C)(c2ccc3c(N)ncnn23)[C@H](O)[C@@H]1O)OCc1cncc(C#N)c1. The Morgan fingerprint density at radius 2 is 1.61 bits per heavy atom. The number of hydrogen-bond acceptors (Lipinski definition) is 13. The van der Waals surface area contributed by atoms with E-state index in [-0.39, 0.29) is 25.6 Å². The molecule has 4 heterocycles. The summed E-state index contributed by atoms with van der Waals surface area (Å²) in [6.07, 6.45) is 19.9. The Hall–Kier alpha value is -3.03. The molecule has 15 nitrogen and oxygen atoms in total. The third-order valence-electron chi connectivity index (χ3n) is 10.3. The van der Waals surface area contributed by atoms with E-state index in [2.05, 4.69) is 22.0 Å². The van der Waals surface area contributed by atoms with E-state index in [9.17, 15) is 24.9 Å². The van der Waals surface area contributed by atoms with Gasteiger partial charge in [-0.15, -0.1) is 0 Å². The number of rotatable bonds is 29. The lowest BCUT2D eigenvalue weighted by atomic mass is 9.93. The van der Waals surface area contributed by atoms with Crippen LogP contribution in [-0.2, 0) is 40.0 Å². The number of nitrogen functional groups attached to an aromatic ring is 1. The molecule has 3 aromatic rings. The predicted octanol–water partition coefficient (Wildman–Crippen LogP) is 6.91. The monoisotopic (exact) mass is 802 g/mol. The fourth-order valence-corrected chi connectivity index (χ4v) is 7.76. The second-order valence-corrected chi connectivity index (χ2v) is 16.4. The molecule has 4 rings (SSSR count). The maximum absolute atomic E-state index is 13.0. The minimum Gasteiger partial charge on any atom is -0.387 e. The number of nitrogens with zero attached hydrogens (tertiary/aromatic N) is 5. The Kier molecular flexibility index (Phi) is 19.6. The van der Waals surface area contributed by atoms with Crippen molar-refractivity contribution in [2.24, 2.45) is 0 Å². The highest BCUT2D eigenvalue weighted by Gasteiger charge is 2.54. The standard InChI is InChI=1S/C40H63N6O9P/c1-3-4-5-6-7-8-9-10-11-12-13-14-15-16-17-18-21-51-27-33(52-26-32-22-31(23-41)24-43-25-32)28-53-56(49,50)54-29-35-37(47)38(48)40(2,55-35)36-20-19-34-39(42)44-30-45-46(34)36/h19-20,22,24-25,30,33,35,37-38,47-48H,3-18,21,26-29H2,1-2H3,(H,49,50)(H2,42,44,45)/t33-,35?,37-,38-,40+/m1/s1.